The predicted octanol–water partition coefficient (Wildman–Crippen LogP) is 3.40. The van der Waals surface area contributed by atoms with Gasteiger partial charge in [0.15, 0.2) is 5.96 Å². The minimum atomic E-state index is -0.898. The smallest absolute Gasteiger partial charge is 0.193 e. The Morgan fingerprint density at radius 3 is 2.66 bits per heavy atom. The van der Waals surface area contributed by atoms with Gasteiger partial charge in [0.05, 0.1) is 13.7 Å². The summed E-state index contributed by atoms with van der Waals surface area (Å²) in [4.78, 5) is 7.07. The van der Waals surface area contributed by atoms with E-state index in [1.165, 1.54) is 5.56 Å². The van der Waals surface area contributed by atoms with Crippen molar-refractivity contribution in [1.82, 2.24) is 10.2 Å². The van der Waals surface area contributed by atoms with Crippen LogP contribution in [0.2, 0.25) is 0 Å². The maximum Gasteiger partial charge on any atom is 0.193 e. The Balaban J connectivity index is 1.54. The fourth-order valence-corrected chi connectivity index (χ4v) is 4.62. The van der Waals surface area contributed by atoms with Gasteiger partial charge < -0.3 is 15.0 Å². The van der Waals surface area contributed by atoms with Crippen LogP contribution in [0, 0.1) is 0 Å². The molecule has 0 saturated carbocycles. The van der Waals surface area contributed by atoms with Gasteiger partial charge in [0, 0.05) is 47.9 Å². The van der Waals surface area contributed by atoms with Crippen LogP contribution >= 0.6 is 0 Å². The summed E-state index contributed by atoms with van der Waals surface area (Å²) < 4.78 is 17.6. The second-order valence-electron chi connectivity index (χ2n) is 7.21. The largest absolute Gasteiger partial charge is 0.497 e. The number of nitrogens with one attached hydrogen (secondary N) is 1. The van der Waals surface area contributed by atoms with Gasteiger partial charge in [-0.3, -0.25) is 9.20 Å². The van der Waals surface area contributed by atoms with E-state index in [1.807, 2.05) is 42.5 Å². The Morgan fingerprint density at radius 1 is 1.21 bits per heavy atom. The topological polar surface area (TPSA) is 53.9 Å². The normalized spacial score (nSPS) is 17.9. The van der Waals surface area contributed by atoms with E-state index < -0.39 is 10.8 Å². The molecule has 5 nitrogen and oxygen atoms in total. The van der Waals surface area contributed by atoms with Gasteiger partial charge in [-0.25, -0.2) is 0 Å². The Kier molecular flexibility index (Phi) is 8.11. The molecule has 2 aromatic rings. The second-order valence-corrected chi connectivity index (χ2v) is 8.79. The van der Waals surface area contributed by atoms with Crippen LogP contribution in [0.3, 0.4) is 0 Å². The van der Waals surface area contributed by atoms with Crippen LogP contribution in [-0.2, 0) is 16.6 Å². The molecule has 1 N–H and O–H groups in total. The summed E-state index contributed by atoms with van der Waals surface area (Å²) >= 11 is 0. The maximum absolute atomic E-state index is 12.4. The summed E-state index contributed by atoms with van der Waals surface area (Å²) in [6.07, 6.45) is 1.11. The molecule has 2 unspecified atom stereocenters. The number of rotatable bonds is 8. The van der Waals surface area contributed by atoms with Crippen molar-refractivity contribution in [3.63, 3.8) is 0 Å². The van der Waals surface area contributed by atoms with E-state index in [0.29, 0.717) is 24.0 Å². The molecule has 1 fully saturated rings. The minimum absolute atomic E-state index is 0.497. The van der Waals surface area contributed by atoms with Crippen molar-refractivity contribution in [2.75, 3.05) is 39.0 Å². The van der Waals surface area contributed by atoms with Gasteiger partial charge in [-0.05, 0) is 36.6 Å². The predicted molar refractivity (Wildman–Crippen MR) is 121 cm³/mol. The molecule has 29 heavy (non-hydrogen) atoms. The number of likely N-dealkylation sites (tertiary alicyclic amines) is 1. The molecule has 0 radical (unpaired) electrons. The maximum atomic E-state index is 12.4. The van der Waals surface area contributed by atoms with E-state index in [9.17, 15) is 4.21 Å². The van der Waals surface area contributed by atoms with Gasteiger partial charge in [0.25, 0.3) is 0 Å². The van der Waals surface area contributed by atoms with E-state index in [1.54, 1.807) is 7.11 Å². The first kappa shape index (κ1) is 21.4. The van der Waals surface area contributed by atoms with Crippen LogP contribution in [0.25, 0.3) is 0 Å². The number of guanidine groups is 1. The quantitative estimate of drug-likeness (QED) is 0.532. The van der Waals surface area contributed by atoms with Gasteiger partial charge in [-0.2, -0.15) is 0 Å². The van der Waals surface area contributed by atoms with Gasteiger partial charge in [-0.1, -0.05) is 42.5 Å². The zero-order valence-electron chi connectivity index (χ0n) is 17.3. The fourth-order valence-electron chi connectivity index (χ4n) is 3.61. The van der Waals surface area contributed by atoms with Gasteiger partial charge in [0.2, 0.25) is 0 Å². The summed E-state index contributed by atoms with van der Waals surface area (Å²) in [6.45, 7) is 5.42. The van der Waals surface area contributed by atoms with Crippen molar-refractivity contribution in [2.45, 2.75) is 25.0 Å². The van der Waals surface area contributed by atoms with E-state index in [-0.39, 0.29) is 0 Å². The molecule has 2 atom stereocenters. The Hall–Kier alpha value is -2.34. The molecule has 156 valence electrons. The van der Waals surface area contributed by atoms with Crippen molar-refractivity contribution in [2.24, 2.45) is 4.99 Å². The molecule has 1 aliphatic rings. The highest BCUT2D eigenvalue weighted by Crippen LogP contribution is 2.28. The highest BCUT2D eigenvalue weighted by Gasteiger charge is 2.26. The minimum Gasteiger partial charge on any atom is -0.497 e. The molecular formula is C23H31N3O2S. The standard InChI is InChI=1S/C23H31N3O2S/c1-3-24-23(25-14-16-29(27)18-19-7-5-4-6-8-19)26-15-13-21(17-26)20-9-11-22(28-2)12-10-20/h4-12,21H,3,13-18H2,1-2H3,(H,24,25). The molecule has 0 amide bonds. The molecule has 1 heterocycles. The fraction of sp³-hybridized carbons (Fsp3) is 0.435. The summed E-state index contributed by atoms with van der Waals surface area (Å²) in [5.74, 6) is 3.49. The van der Waals surface area contributed by atoms with E-state index >= 15 is 0 Å². The number of nitrogens with zero attached hydrogens (tertiary/aromatic N) is 2. The highest BCUT2D eigenvalue weighted by atomic mass is 32.2. The third kappa shape index (κ3) is 6.32. The molecule has 1 aliphatic heterocycles. The Morgan fingerprint density at radius 2 is 1.97 bits per heavy atom. The first-order valence-corrected chi connectivity index (χ1v) is 11.7. The Bertz CT molecular complexity index is 809. The summed E-state index contributed by atoms with van der Waals surface area (Å²) in [5, 5.41) is 3.40. The number of methoxy groups -OCH3 is 1. The van der Waals surface area contributed by atoms with Crippen molar-refractivity contribution in [3.05, 3.63) is 65.7 Å². The number of ether oxygens (including phenoxy) is 1. The molecule has 3 rings (SSSR count). The lowest BCUT2D eigenvalue weighted by Gasteiger charge is -2.22. The average molecular weight is 414 g/mol. The van der Waals surface area contributed by atoms with E-state index in [4.69, 9.17) is 9.73 Å². The summed E-state index contributed by atoms with van der Waals surface area (Å²) in [5.41, 5.74) is 2.46. The van der Waals surface area contributed by atoms with Gasteiger partial charge in [0.1, 0.15) is 5.75 Å². The van der Waals surface area contributed by atoms with Crippen LogP contribution in [0.4, 0.5) is 0 Å². The summed E-state index contributed by atoms with van der Waals surface area (Å²) in [6, 6.07) is 18.4. The molecule has 0 aliphatic carbocycles. The van der Waals surface area contributed by atoms with E-state index in [0.717, 1.165) is 43.3 Å². The van der Waals surface area contributed by atoms with Crippen LogP contribution < -0.4 is 10.1 Å². The SMILES string of the molecule is CCNC(=NCCS(=O)Cc1ccccc1)N1CCC(c2ccc(OC)cc2)C1. The van der Waals surface area contributed by atoms with E-state index in [2.05, 4.69) is 29.3 Å². The molecule has 1 saturated heterocycles. The van der Waals surface area contributed by atoms with Crippen molar-refractivity contribution < 1.29 is 8.95 Å². The third-order valence-corrected chi connectivity index (χ3v) is 6.45. The van der Waals surface area contributed by atoms with Gasteiger partial charge >= 0.3 is 0 Å². The lowest BCUT2D eigenvalue weighted by molar-refractivity contribution is 0.414. The third-order valence-electron chi connectivity index (χ3n) is 5.16. The molecule has 6 heteroatoms. The highest BCUT2D eigenvalue weighted by molar-refractivity contribution is 7.84. The van der Waals surface area contributed by atoms with Crippen LogP contribution in [-0.4, -0.2) is 54.1 Å². The number of hydrogen-bond donors (Lipinski definition) is 1. The monoisotopic (exact) mass is 413 g/mol. The zero-order valence-corrected chi connectivity index (χ0v) is 18.2. The molecule has 0 aromatic heterocycles. The Labute approximate surface area is 176 Å². The van der Waals surface area contributed by atoms with Gasteiger partial charge in [-0.15, -0.1) is 0 Å². The van der Waals surface area contributed by atoms with Crippen LogP contribution in [0.15, 0.2) is 59.6 Å². The average Bonchev–Trinajstić information content (AvgIpc) is 3.24. The number of benzene rings is 2. The molecule has 2 aromatic carbocycles. The van der Waals surface area contributed by atoms with Crippen LogP contribution in [0.1, 0.15) is 30.4 Å². The number of aliphatic imine (C=N–C) groups is 1. The van der Waals surface area contributed by atoms with Crippen molar-refractivity contribution in [3.8, 4) is 5.75 Å². The molecular weight excluding hydrogens is 382 g/mol. The number of hydrogen-bond acceptors (Lipinski definition) is 3. The first-order valence-electron chi connectivity index (χ1n) is 10.3. The molecule has 0 spiro atoms. The van der Waals surface area contributed by atoms with Crippen molar-refractivity contribution in [1.29, 1.82) is 0 Å². The molecule has 0 bridgehead atoms. The second kappa shape index (κ2) is 11.0. The zero-order chi connectivity index (χ0) is 20.5. The lowest BCUT2D eigenvalue weighted by Crippen LogP contribution is -2.40. The summed E-state index contributed by atoms with van der Waals surface area (Å²) in [7, 11) is 0.795. The lowest BCUT2D eigenvalue weighted by atomic mass is 9.98. The van der Waals surface area contributed by atoms with Crippen LogP contribution in [0.5, 0.6) is 5.75 Å². The van der Waals surface area contributed by atoms with Crippen molar-refractivity contribution >= 4 is 16.8 Å². The first-order chi connectivity index (χ1) is 14.2.